The van der Waals surface area contributed by atoms with E-state index in [0.717, 1.165) is 15.6 Å². The van der Waals surface area contributed by atoms with Crippen molar-refractivity contribution in [2.75, 3.05) is 0 Å². The molecule has 0 N–H and O–H groups in total. The molecule has 0 saturated carbocycles. The van der Waals surface area contributed by atoms with Crippen LogP contribution in [0.5, 0.6) is 0 Å². The lowest BCUT2D eigenvalue weighted by atomic mass is 10.1. The summed E-state index contributed by atoms with van der Waals surface area (Å²) in [6.45, 7) is 1.57. The lowest BCUT2D eigenvalue weighted by molar-refractivity contribution is -0.200. The minimum Gasteiger partial charge on any atom is -0.454 e. The molecule has 1 heterocycles. The Labute approximate surface area is 105 Å². The van der Waals surface area contributed by atoms with E-state index >= 15 is 0 Å². The van der Waals surface area contributed by atoms with Crippen LogP contribution in [0.4, 0.5) is 13.2 Å². The number of carbonyl (C=O) groups is 1. The third-order valence-corrected chi connectivity index (χ3v) is 3.40. The van der Waals surface area contributed by atoms with Gasteiger partial charge >= 0.3 is 12.1 Å². The number of carbonyl (C=O) groups excluding carboxylic acids is 1. The Balaban J connectivity index is 2.16. The van der Waals surface area contributed by atoms with E-state index in [9.17, 15) is 18.0 Å². The molecule has 0 spiro atoms. The topological polar surface area (TPSA) is 26.3 Å². The van der Waals surface area contributed by atoms with E-state index in [0.29, 0.717) is 5.56 Å². The average Bonchev–Trinajstić information content (AvgIpc) is 2.66. The van der Waals surface area contributed by atoms with Gasteiger partial charge in [-0.15, -0.1) is 11.3 Å². The highest BCUT2D eigenvalue weighted by molar-refractivity contribution is 7.17. The highest BCUT2D eigenvalue weighted by Crippen LogP contribution is 2.28. The maximum Gasteiger partial charge on any atom is 0.490 e. The third kappa shape index (κ3) is 2.64. The van der Waals surface area contributed by atoms with E-state index in [2.05, 4.69) is 4.74 Å². The van der Waals surface area contributed by atoms with E-state index in [1.54, 1.807) is 5.38 Å². The standard InChI is InChI=1S/C12H9F3O2S/c1-7-2-3-9-8(6-18-10(9)4-7)5-17-11(16)12(13,14)15/h2-4,6H,5H2,1H3. The SMILES string of the molecule is Cc1ccc2c(COC(=O)C(F)(F)F)csc2c1. The van der Waals surface area contributed by atoms with Gasteiger partial charge in [0, 0.05) is 10.3 Å². The molecule has 0 atom stereocenters. The zero-order chi connectivity index (χ0) is 13.3. The van der Waals surface area contributed by atoms with Crippen molar-refractivity contribution in [2.24, 2.45) is 0 Å². The number of thiophene rings is 1. The monoisotopic (exact) mass is 274 g/mol. The number of hydrogen-bond acceptors (Lipinski definition) is 3. The van der Waals surface area contributed by atoms with Gasteiger partial charge in [-0.25, -0.2) is 4.79 Å². The molecule has 1 aromatic carbocycles. The summed E-state index contributed by atoms with van der Waals surface area (Å²) >= 11 is 1.41. The molecule has 0 aliphatic carbocycles. The first-order valence-corrected chi connectivity index (χ1v) is 5.96. The van der Waals surface area contributed by atoms with Gasteiger partial charge in [-0.1, -0.05) is 12.1 Å². The molecule has 0 amide bonds. The largest absolute Gasteiger partial charge is 0.490 e. The number of benzene rings is 1. The minimum atomic E-state index is -4.94. The molecule has 0 fully saturated rings. The van der Waals surface area contributed by atoms with Crippen LogP contribution in [0.1, 0.15) is 11.1 Å². The van der Waals surface area contributed by atoms with Crippen LogP contribution in [-0.2, 0) is 16.1 Å². The number of halogens is 3. The Morgan fingerprint density at radius 2 is 2.11 bits per heavy atom. The normalized spacial score (nSPS) is 11.8. The van der Waals surface area contributed by atoms with Gasteiger partial charge in [0.1, 0.15) is 6.61 Å². The van der Waals surface area contributed by atoms with Crippen LogP contribution >= 0.6 is 11.3 Å². The minimum absolute atomic E-state index is 0.360. The Morgan fingerprint density at radius 3 is 2.78 bits per heavy atom. The Bertz CT molecular complexity index is 587. The van der Waals surface area contributed by atoms with E-state index in [4.69, 9.17) is 0 Å². The number of alkyl halides is 3. The predicted octanol–water partition coefficient (Wildman–Crippen LogP) is 3.82. The summed E-state index contributed by atoms with van der Waals surface area (Å²) in [7, 11) is 0. The van der Waals surface area contributed by atoms with Crippen LogP contribution in [0.15, 0.2) is 23.6 Å². The van der Waals surface area contributed by atoms with Gasteiger partial charge in [-0.2, -0.15) is 13.2 Å². The molecule has 1 aromatic heterocycles. The fraction of sp³-hybridized carbons (Fsp3) is 0.250. The van der Waals surface area contributed by atoms with Gasteiger partial charge in [0.15, 0.2) is 0 Å². The van der Waals surface area contributed by atoms with E-state index < -0.39 is 12.1 Å². The molecule has 0 radical (unpaired) electrons. The summed E-state index contributed by atoms with van der Waals surface area (Å²) in [5, 5.41) is 2.52. The number of ether oxygens (including phenoxy) is 1. The first-order valence-electron chi connectivity index (χ1n) is 5.08. The lowest BCUT2D eigenvalue weighted by Crippen LogP contribution is -2.25. The van der Waals surface area contributed by atoms with Crippen molar-refractivity contribution >= 4 is 27.4 Å². The van der Waals surface area contributed by atoms with Crippen LogP contribution in [0, 0.1) is 6.92 Å². The van der Waals surface area contributed by atoms with Crippen LogP contribution in [0.3, 0.4) is 0 Å². The summed E-state index contributed by atoms with van der Waals surface area (Å²) in [5.74, 6) is -2.16. The van der Waals surface area contributed by atoms with Gasteiger partial charge < -0.3 is 4.74 Å². The number of esters is 1. The third-order valence-electron chi connectivity index (χ3n) is 2.40. The second-order valence-corrected chi connectivity index (χ2v) is 4.75. The highest BCUT2D eigenvalue weighted by Gasteiger charge is 2.40. The van der Waals surface area contributed by atoms with Gasteiger partial charge in [0.05, 0.1) is 0 Å². The van der Waals surface area contributed by atoms with Gasteiger partial charge in [-0.05, 0) is 29.3 Å². The van der Waals surface area contributed by atoms with Crippen molar-refractivity contribution in [1.29, 1.82) is 0 Å². The number of hydrogen-bond donors (Lipinski definition) is 0. The summed E-state index contributed by atoms with van der Waals surface area (Å²) in [5.41, 5.74) is 1.66. The van der Waals surface area contributed by atoms with Crippen LogP contribution in [0.2, 0.25) is 0 Å². The zero-order valence-corrected chi connectivity index (χ0v) is 10.2. The second kappa shape index (κ2) is 4.61. The number of rotatable bonds is 2. The van der Waals surface area contributed by atoms with Crippen molar-refractivity contribution in [3.63, 3.8) is 0 Å². The smallest absolute Gasteiger partial charge is 0.454 e. The van der Waals surface area contributed by atoms with Crippen molar-refractivity contribution in [1.82, 2.24) is 0 Å². The molecule has 0 saturated heterocycles. The summed E-state index contributed by atoms with van der Waals surface area (Å²) in [6, 6.07) is 5.62. The zero-order valence-electron chi connectivity index (χ0n) is 9.38. The first-order chi connectivity index (χ1) is 8.38. The maximum atomic E-state index is 12.0. The molecule has 2 rings (SSSR count). The Morgan fingerprint density at radius 1 is 1.39 bits per heavy atom. The molecule has 2 nitrogen and oxygen atoms in total. The quantitative estimate of drug-likeness (QED) is 0.778. The van der Waals surface area contributed by atoms with Crippen LogP contribution < -0.4 is 0 Å². The summed E-state index contributed by atoms with van der Waals surface area (Å²) < 4.78 is 41.1. The predicted molar refractivity (Wildman–Crippen MR) is 62.4 cm³/mol. The molecule has 18 heavy (non-hydrogen) atoms. The molecular weight excluding hydrogens is 265 g/mol. The molecule has 6 heteroatoms. The fourth-order valence-electron chi connectivity index (χ4n) is 1.53. The fourth-order valence-corrected chi connectivity index (χ4v) is 2.57. The van der Waals surface area contributed by atoms with Crippen molar-refractivity contribution in [3.05, 3.63) is 34.7 Å². The van der Waals surface area contributed by atoms with Gasteiger partial charge in [0.2, 0.25) is 0 Å². The van der Waals surface area contributed by atoms with E-state index in [1.807, 2.05) is 25.1 Å². The van der Waals surface area contributed by atoms with Crippen LogP contribution in [-0.4, -0.2) is 12.1 Å². The molecule has 0 bridgehead atoms. The summed E-state index contributed by atoms with van der Waals surface area (Å²) in [4.78, 5) is 10.6. The first kappa shape index (κ1) is 12.9. The molecule has 0 unspecified atom stereocenters. The van der Waals surface area contributed by atoms with E-state index in [-0.39, 0.29) is 6.61 Å². The van der Waals surface area contributed by atoms with Gasteiger partial charge in [-0.3, -0.25) is 0 Å². The highest BCUT2D eigenvalue weighted by atomic mass is 32.1. The summed E-state index contributed by atoms with van der Waals surface area (Å²) in [6.07, 6.45) is -4.94. The Hall–Kier alpha value is -1.56. The molecule has 96 valence electrons. The number of fused-ring (bicyclic) bond motifs is 1. The number of aryl methyl sites for hydroxylation is 1. The molecule has 0 aliphatic heterocycles. The molecule has 2 aromatic rings. The Kier molecular flexibility index (Phi) is 3.30. The molecular formula is C12H9F3O2S. The van der Waals surface area contributed by atoms with Crippen molar-refractivity contribution in [3.8, 4) is 0 Å². The lowest BCUT2D eigenvalue weighted by Gasteiger charge is -2.06. The van der Waals surface area contributed by atoms with Crippen molar-refractivity contribution in [2.45, 2.75) is 19.7 Å². The van der Waals surface area contributed by atoms with Crippen molar-refractivity contribution < 1.29 is 22.7 Å². The average molecular weight is 274 g/mol. The van der Waals surface area contributed by atoms with Gasteiger partial charge in [0.25, 0.3) is 0 Å². The molecule has 0 aliphatic rings. The second-order valence-electron chi connectivity index (χ2n) is 3.83. The maximum absolute atomic E-state index is 12.0. The van der Waals surface area contributed by atoms with Crippen LogP contribution in [0.25, 0.3) is 10.1 Å². The van der Waals surface area contributed by atoms with E-state index in [1.165, 1.54) is 11.3 Å².